The number of nitrogens with zero attached hydrogens (tertiary/aromatic N) is 4. The number of amides is 2. The Morgan fingerprint density at radius 3 is 2.62 bits per heavy atom. The normalized spacial score (nSPS) is 14.7. The summed E-state index contributed by atoms with van der Waals surface area (Å²) < 4.78 is 6.79. The molecule has 3 rings (SSSR count). The van der Waals surface area contributed by atoms with E-state index in [-0.39, 0.29) is 24.9 Å². The van der Waals surface area contributed by atoms with E-state index in [0.29, 0.717) is 23.4 Å². The molecule has 2 aromatic rings. The van der Waals surface area contributed by atoms with Gasteiger partial charge in [-0.05, 0) is 26.8 Å². The average Bonchev–Trinajstić information content (AvgIpc) is 3.28. The molecule has 0 saturated heterocycles. The van der Waals surface area contributed by atoms with Crippen LogP contribution >= 0.6 is 0 Å². The van der Waals surface area contributed by atoms with E-state index in [9.17, 15) is 9.59 Å². The van der Waals surface area contributed by atoms with Crippen LogP contribution in [0.15, 0.2) is 22.9 Å². The van der Waals surface area contributed by atoms with Crippen molar-refractivity contribution in [3.63, 3.8) is 0 Å². The van der Waals surface area contributed by atoms with Crippen molar-refractivity contribution in [2.24, 2.45) is 0 Å². The number of hydrogen-bond donors (Lipinski definition) is 2. The number of anilines is 2. The standard InChI is InChI=1S/C17H24N6O3/c1-12-9-14(21-26-12)19-16(24)10-22(2)11-17(25)20-15-7-8-18-23(15)13-5-3-4-6-13/h7-9,13H,3-6,10-11H2,1-2H3,(H,20,25)(H,19,21,24). The van der Waals surface area contributed by atoms with Crippen molar-refractivity contribution in [3.05, 3.63) is 24.1 Å². The van der Waals surface area contributed by atoms with Crippen molar-refractivity contribution in [2.45, 2.75) is 38.6 Å². The first kappa shape index (κ1) is 18.1. The zero-order valence-corrected chi connectivity index (χ0v) is 15.1. The predicted octanol–water partition coefficient (Wildman–Crippen LogP) is 1.80. The van der Waals surface area contributed by atoms with E-state index in [1.807, 2.05) is 4.68 Å². The summed E-state index contributed by atoms with van der Waals surface area (Å²) in [6.07, 6.45) is 6.27. The maximum absolute atomic E-state index is 12.3. The third kappa shape index (κ3) is 4.69. The minimum atomic E-state index is -0.260. The molecule has 9 heteroatoms. The Balaban J connectivity index is 1.47. The van der Waals surface area contributed by atoms with Gasteiger partial charge >= 0.3 is 0 Å². The average molecular weight is 360 g/mol. The second-order valence-corrected chi connectivity index (χ2v) is 6.69. The monoisotopic (exact) mass is 360 g/mol. The van der Waals surface area contributed by atoms with Crippen LogP contribution < -0.4 is 10.6 Å². The molecule has 0 unspecified atom stereocenters. The van der Waals surface area contributed by atoms with Gasteiger partial charge in [0.2, 0.25) is 11.8 Å². The Hall–Kier alpha value is -2.68. The number of carbonyl (C=O) groups is 2. The third-order valence-electron chi connectivity index (χ3n) is 4.33. The molecule has 2 aromatic heterocycles. The first-order valence-electron chi connectivity index (χ1n) is 8.76. The number of likely N-dealkylation sites (N-methyl/N-ethyl adjacent to an activating group) is 1. The minimum absolute atomic E-state index is 0.0706. The van der Waals surface area contributed by atoms with Crippen LogP contribution in [0.1, 0.15) is 37.5 Å². The van der Waals surface area contributed by atoms with Gasteiger partial charge in [0.15, 0.2) is 5.82 Å². The van der Waals surface area contributed by atoms with Crippen LogP contribution in [-0.4, -0.2) is 51.8 Å². The van der Waals surface area contributed by atoms with Crippen LogP contribution in [0.2, 0.25) is 0 Å². The van der Waals surface area contributed by atoms with Gasteiger partial charge < -0.3 is 15.2 Å². The lowest BCUT2D eigenvalue weighted by molar-refractivity contribution is -0.119. The Bertz CT molecular complexity index is 762. The second-order valence-electron chi connectivity index (χ2n) is 6.69. The molecule has 9 nitrogen and oxygen atoms in total. The van der Waals surface area contributed by atoms with Crippen LogP contribution in [0.25, 0.3) is 0 Å². The van der Waals surface area contributed by atoms with Crippen molar-refractivity contribution in [2.75, 3.05) is 30.8 Å². The van der Waals surface area contributed by atoms with E-state index in [1.165, 1.54) is 12.8 Å². The highest BCUT2D eigenvalue weighted by atomic mass is 16.5. The van der Waals surface area contributed by atoms with Crippen LogP contribution in [0.4, 0.5) is 11.6 Å². The molecule has 1 aliphatic carbocycles. The minimum Gasteiger partial charge on any atom is -0.360 e. The van der Waals surface area contributed by atoms with E-state index < -0.39 is 0 Å². The SMILES string of the molecule is Cc1cc(NC(=O)CN(C)CC(=O)Nc2ccnn2C2CCCC2)no1. The summed E-state index contributed by atoms with van der Waals surface area (Å²) in [6, 6.07) is 3.79. The maximum Gasteiger partial charge on any atom is 0.239 e. The van der Waals surface area contributed by atoms with Crippen LogP contribution in [0, 0.1) is 6.92 Å². The highest BCUT2D eigenvalue weighted by Crippen LogP contribution is 2.31. The lowest BCUT2D eigenvalue weighted by atomic mass is 10.2. The first-order chi connectivity index (χ1) is 12.5. The third-order valence-corrected chi connectivity index (χ3v) is 4.33. The molecule has 0 aliphatic heterocycles. The number of hydrogen-bond acceptors (Lipinski definition) is 6. The molecule has 0 bridgehead atoms. The van der Waals surface area contributed by atoms with Gasteiger partial charge in [-0.15, -0.1) is 0 Å². The van der Waals surface area contributed by atoms with Gasteiger partial charge in [0.05, 0.1) is 25.3 Å². The Kier molecular flexibility index (Phi) is 5.67. The van der Waals surface area contributed by atoms with Crippen LogP contribution in [0.3, 0.4) is 0 Å². The summed E-state index contributed by atoms with van der Waals surface area (Å²) in [5.74, 6) is 1.25. The van der Waals surface area contributed by atoms with Gasteiger partial charge in [0.25, 0.3) is 0 Å². The van der Waals surface area contributed by atoms with Crippen molar-refractivity contribution >= 4 is 23.5 Å². The molecule has 2 heterocycles. The van der Waals surface area contributed by atoms with E-state index in [4.69, 9.17) is 4.52 Å². The van der Waals surface area contributed by atoms with Gasteiger partial charge in [-0.2, -0.15) is 5.10 Å². The molecule has 1 fully saturated rings. The van der Waals surface area contributed by atoms with E-state index >= 15 is 0 Å². The zero-order valence-electron chi connectivity index (χ0n) is 15.1. The molecule has 26 heavy (non-hydrogen) atoms. The number of rotatable bonds is 7. The molecule has 2 amide bonds. The topological polar surface area (TPSA) is 105 Å². The van der Waals surface area contributed by atoms with Gasteiger partial charge in [0.1, 0.15) is 11.6 Å². The van der Waals surface area contributed by atoms with Crippen molar-refractivity contribution < 1.29 is 14.1 Å². The molecule has 140 valence electrons. The highest BCUT2D eigenvalue weighted by Gasteiger charge is 2.21. The van der Waals surface area contributed by atoms with E-state index in [0.717, 1.165) is 12.8 Å². The van der Waals surface area contributed by atoms with E-state index in [2.05, 4.69) is 20.9 Å². The number of aryl methyl sites for hydroxylation is 1. The fraction of sp³-hybridized carbons (Fsp3) is 0.529. The van der Waals surface area contributed by atoms with Gasteiger partial charge in [-0.25, -0.2) is 4.68 Å². The maximum atomic E-state index is 12.3. The number of nitrogens with one attached hydrogen (secondary N) is 2. The molecular weight excluding hydrogens is 336 g/mol. The molecule has 0 radical (unpaired) electrons. The lowest BCUT2D eigenvalue weighted by Crippen LogP contribution is -2.36. The summed E-state index contributed by atoms with van der Waals surface area (Å²) in [5.41, 5.74) is 0. The van der Waals surface area contributed by atoms with Gasteiger partial charge in [0, 0.05) is 12.1 Å². The summed E-state index contributed by atoms with van der Waals surface area (Å²) in [5, 5.41) is 13.6. The van der Waals surface area contributed by atoms with Crippen molar-refractivity contribution in [1.29, 1.82) is 0 Å². The summed E-state index contributed by atoms with van der Waals surface area (Å²) in [7, 11) is 1.71. The van der Waals surface area contributed by atoms with Crippen LogP contribution in [0.5, 0.6) is 0 Å². The van der Waals surface area contributed by atoms with Crippen molar-refractivity contribution in [3.8, 4) is 0 Å². The predicted molar refractivity (Wildman–Crippen MR) is 95.7 cm³/mol. The van der Waals surface area contributed by atoms with Gasteiger partial charge in [-0.3, -0.25) is 14.5 Å². The zero-order chi connectivity index (χ0) is 18.5. The largest absolute Gasteiger partial charge is 0.360 e. The Morgan fingerprint density at radius 2 is 1.96 bits per heavy atom. The fourth-order valence-electron chi connectivity index (χ4n) is 3.19. The smallest absolute Gasteiger partial charge is 0.239 e. The molecule has 1 aliphatic rings. The molecule has 0 atom stereocenters. The molecule has 1 saturated carbocycles. The van der Waals surface area contributed by atoms with Gasteiger partial charge in [-0.1, -0.05) is 18.0 Å². The molecule has 0 spiro atoms. The second kappa shape index (κ2) is 8.13. The number of aromatic nitrogens is 3. The summed E-state index contributed by atoms with van der Waals surface area (Å²) >= 11 is 0. The Morgan fingerprint density at radius 1 is 1.27 bits per heavy atom. The number of carbonyl (C=O) groups excluding carboxylic acids is 2. The summed E-state index contributed by atoms with van der Waals surface area (Å²) in [4.78, 5) is 25.9. The summed E-state index contributed by atoms with van der Waals surface area (Å²) in [6.45, 7) is 1.91. The molecular formula is C17H24N6O3. The lowest BCUT2D eigenvalue weighted by Gasteiger charge is -2.17. The highest BCUT2D eigenvalue weighted by molar-refractivity contribution is 5.93. The molecule has 2 N–H and O–H groups in total. The fourth-order valence-corrected chi connectivity index (χ4v) is 3.19. The molecule has 0 aromatic carbocycles. The van der Waals surface area contributed by atoms with Crippen LogP contribution in [-0.2, 0) is 9.59 Å². The Labute approximate surface area is 151 Å². The quantitative estimate of drug-likeness (QED) is 0.780. The van der Waals surface area contributed by atoms with E-state index in [1.54, 1.807) is 37.2 Å². The van der Waals surface area contributed by atoms with Crippen molar-refractivity contribution in [1.82, 2.24) is 19.8 Å². The first-order valence-corrected chi connectivity index (χ1v) is 8.76.